The van der Waals surface area contributed by atoms with Gasteiger partial charge in [-0.15, -0.1) is 0 Å². The average Bonchev–Trinajstić information content (AvgIpc) is 3.22. The number of carbonyl (C=O) groups is 3. The Morgan fingerprint density at radius 1 is 1.20 bits per heavy atom. The first-order chi connectivity index (χ1) is 16.4. The van der Waals surface area contributed by atoms with E-state index in [1.54, 1.807) is 32.6 Å². The molecule has 0 saturated carbocycles. The molecule has 2 saturated heterocycles. The highest BCUT2D eigenvalue weighted by molar-refractivity contribution is 5.92. The lowest BCUT2D eigenvalue weighted by molar-refractivity contribution is -0.143. The maximum absolute atomic E-state index is 13.8. The highest BCUT2D eigenvalue weighted by atomic mass is 16.6. The van der Waals surface area contributed by atoms with Gasteiger partial charge in [-0.25, -0.2) is 4.79 Å². The Hall–Kier alpha value is -1.87. The van der Waals surface area contributed by atoms with Gasteiger partial charge in [0.2, 0.25) is 11.8 Å². The van der Waals surface area contributed by atoms with Crippen LogP contribution in [0.3, 0.4) is 0 Å². The molecule has 2 rings (SSSR count). The van der Waals surface area contributed by atoms with Crippen molar-refractivity contribution in [3.05, 3.63) is 0 Å². The van der Waals surface area contributed by atoms with Crippen molar-refractivity contribution in [2.75, 3.05) is 19.8 Å². The van der Waals surface area contributed by atoms with Gasteiger partial charge in [0.1, 0.15) is 17.7 Å². The predicted molar refractivity (Wildman–Crippen MR) is 134 cm³/mol. The molecular weight excluding hydrogens is 450 g/mol. The second kappa shape index (κ2) is 13.4. The fourth-order valence-electron chi connectivity index (χ4n) is 4.73. The largest absolute Gasteiger partial charge is 0.444 e. The van der Waals surface area contributed by atoms with Gasteiger partial charge in [0.05, 0.1) is 18.8 Å². The molecule has 3 N–H and O–H groups in total. The summed E-state index contributed by atoms with van der Waals surface area (Å²) in [6.07, 6.45) is 4.80. The van der Waals surface area contributed by atoms with Crippen LogP contribution in [-0.2, 0) is 19.1 Å². The Balaban J connectivity index is 2.32. The number of nitrogens with one attached hydrogen (secondary N) is 2. The van der Waals surface area contributed by atoms with Gasteiger partial charge in [0.25, 0.3) is 0 Å². The molecule has 2 fully saturated rings. The first-order valence-electron chi connectivity index (χ1n) is 13.3. The van der Waals surface area contributed by atoms with Crippen LogP contribution >= 0.6 is 0 Å². The van der Waals surface area contributed by atoms with E-state index in [0.29, 0.717) is 26.0 Å². The van der Waals surface area contributed by atoms with Crippen LogP contribution in [0.15, 0.2) is 0 Å². The Morgan fingerprint density at radius 3 is 2.49 bits per heavy atom. The minimum atomic E-state index is -0.979. The number of aliphatic hydroxyl groups excluding tert-OH is 1. The SMILES string of the molecule is CC(C)[C@@H]1C[C@H]2C(=O)N[C@H](CO)CCCCCCCO[C@@H](C)[C@H](NC(=O)OC(C)(C)C)C(=O)N2C1. The van der Waals surface area contributed by atoms with Crippen molar-refractivity contribution in [3.8, 4) is 0 Å². The lowest BCUT2D eigenvalue weighted by Gasteiger charge is -2.33. The van der Waals surface area contributed by atoms with Crippen LogP contribution in [0.5, 0.6) is 0 Å². The van der Waals surface area contributed by atoms with Gasteiger partial charge < -0.3 is 30.1 Å². The maximum atomic E-state index is 13.8. The molecule has 0 radical (unpaired) electrons. The normalized spacial score (nSPS) is 30.1. The summed E-state index contributed by atoms with van der Waals surface area (Å²) in [5.41, 5.74) is -0.715. The third-order valence-corrected chi connectivity index (χ3v) is 6.91. The van der Waals surface area contributed by atoms with Crippen LogP contribution in [0.1, 0.15) is 86.5 Å². The van der Waals surface area contributed by atoms with Gasteiger partial charge in [0, 0.05) is 13.2 Å². The Bertz CT molecular complexity index is 708. The van der Waals surface area contributed by atoms with Gasteiger partial charge in [0.15, 0.2) is 0 Å². The van der Waals surface area contributed by atoms with E-state index in [4.69, 9.17) is 9.47 Å². The third-order valence-electron chi connectivity index (χ3n) is 6.91. The fourth-order valence-corrected chi connectivity index (χ4v) is 4.73. The van der Waals surface area contributed by atoms with Crippen molar-refractivity contribution in [2.24, 2.45) is 11.8 Å². The number of amides is 3. The summed E-state index contributed by atoms with van der Waals surface area (Å²) in [5.74, 6) is -0.156. The summed E-state index contributed by atoms with van der Waals surface area (Å²) in [5, 5.41) is 15.5. The zero-order valence-electron chi connectivity index (χ0n) is 22.5. The molecule has 0 unspecified atom stereocenters. The molecule has 35 heavy (non-hydrogen) atoms. The van der Waals surface area contributed by atoms with Crippen LogP contribution in [0.25, 0.3) is 0 Å². The zero-order chi connectivity index (χ0) is 26.2. The number of hydrogen-bond donors (Lipinski definition) is 3. The average molecular weight is 498 g/mol. The summed E-state index contributed by atoms with van der Waals surface area (Å²) < 4.78 is 11.4. The molecule has 9 heteroatoms. The van der Waals surface area contributed by atoms with Crippen molar-refractivity contribution in [1.82, 2.24) is 15.5 Å². The standard InChI is InChI=1S/C26H47N3O6/c1-17(2)19-14-21-23(31)27-20(16-30)12-10-8-7-9-11-13-34-18(3)22(24(32)29(21)15-19)28-25(33)35-26(4,5)6/h17-22,30H,7-16H2,1-6H3,(H,27,31)(H,28,33)/t18-,19+,20-,21-,22-/m0/s1. The van der Waals surface area contributed by atoms with Crippen molar-refractivity contribution in [3.63, 3.8) is 0 Å². The summed E-state index contributed by atoms with van der Waals surface area (Å²) >= 11 is 0. The molecule has 0 bridgehead atoms. The summed E-state index contributed by atoms with van der Waals surface area (Å²) in [6, 6.07) is -1.97. The molecule has 2 aliphatic rings. The van der Waals surface area contributed by atoms with E-state index in [0.717, 1.165) is 32.1 Å². The quantitative estimate of drug-likeness (QED) is 0.552. The molecule has 9 nitrogen and oxygen atoms in total. The zero-order valence-corrected chi connectivity index (χ0v) is 22.5. The number of nitrogens with zero attached hydrogens (tertiary/aromatic N) is 1. The second-order valence-corrected chi connectivity index (χ2v) is 11.4. The Kier molecular flexibility index (Phi) is 11.3. The van der Waals surface area contributed by atoms with Crippen molar-refractivity contribution in [1.29, 1.82) is 0 Å². The van der Waals surface area contributed by atoms with Crippen LogP contribution in [0, 0.1) is 11.8 Å². The molecular formula is C26H47N3O6. The predicted octanol–water partition coefficient (Wildman–Crippen LogP) is 2.99. The molecule has 5 atom stereocenters. The lowest BCUT2D eigenvalue weighted by Crippen LogP contribution is -2.58. The smallest absolute Gasteiger partial charge is 0.408 e. The molecule has 0 aromatic heterocycles. The van der Waals surface area contributed by atoms with Crippen LogP contribution in [-0.4, -0.2) is 77.5 Å². The number of aliphatic hydroxyl groups is 1. The summed E-state index contributed by atoms with van der Waals surface area (Å²) in [4.78, 5) is 41.4. The third kappa shape index (κ3) is 9.26. The molecule has 0 spiro atoms. The monoisotopic (exact) mass is 497 g/mol. The van der Waals surface area contributed by atoms with Gasteiger partial charge in [-0.05, 0) is 58.8 Å². The number of fused-ring (bicyclic) bond motifs is 1. The van der Waals surface area contributed by atoms with Gasteiger partial charge in [-0.1, -0.05) is 39.5 Å². The van der Waals surface area contributed by atoms with E-state index in [2.05, 4.69) is 24.5 Å². The highest BCUT2D eigenvalue weighted by Crippen LogP contribution is 2.30. The van der Waals surface area contributed by atoms with Crippen LogP contribution < -0.4 is 10.6 Å². The fraction of sp³-hybridized carbons (Fsp3) is 0.885. The summed E-state index contributed by atoms with van der Waals surface area (Å²) in [6.45, 7) is 12.0. The van der Waals surface area contributed by atoms with E-state index in [1.807, 2.05) is 0 Å². The number of ether oxygens (including phenoxy) is 2. The van der Waals surface area contributed by atoms with E-state index in [9.17, 15) is 19.5 Å². The second-order valence-electron chi connectivity index (χ2n) is 11.4. The Labute approximate surface area is 210 Å². The Morgan fingerprint density at radius 2 is 1.86 bits per heavy atom. The number of alkyl carbamates (subject to hydrolysis) is 1. The molecule has 2 aliphatic heterocycles. The lowest BCUT2D eigenvalue weighted by atomic mass is 9.93. The first-order valence-corrected chi connectivity index (χ1v) is 13.3. The van der Waals surface area contributed by atoms with Gasteiger partial charge in [-0.2, -0.15) is 0 Å². The van der Waals surface area contributed by atoms with Crippen LogP contribution in [0.4, 0.5) is 4.79 Å². The number of rotatable bonds is 3. The number of carbonyl (C=O) groups excluding carboxylic acids is 3. The molecule has 0 aliphatic carbocycles. The molecule has 3 amide bonds. The van der Waals surface area contributed by atoms with E-state index >= 15 is 0 Å². The van der Waals surface area contributed by atoms with E-state index in [-0.39, 0.29) is 36.3 Å². The van der Waals surface area contributed by atoms with Crippen LogP contribution in [0.2, 0.25) is 0 Å². The van der Waals surface area contributed by atoms with E-state index in [1.165, 1.54) is 0 Å². The van der Waals surface area contributed by atoms with Gasteiger partial charge >= 0.3 is 6.09 Å². The summed E-state index contributed by atoms with van der Waals surface area (Å²) in [7, 11) is 0. The topological polar surface area (TPSA) is 117 Å². The maximum Gasteiger partial charge on any atom is 0.408 e. The molecule has 202 valence electrons. The van der Waals surface area contributed by atoms with Crippen molar-refractivity contribution in [2.45, 2.75) is 116 Å². The molecule has 2 heterocycles. The molecule has 0 aromatic rings. The minimum Gasteiger partial charge on any atom is -0.444 e. The number of hydrogen-bond acceptors (Lipinski definition) is 6. The van der Waals surface area contributed by atoms with E-state index < -0.39 is 29.9 Å². The van der Waals surface area contributed by atoms with Crippen molar-refractivity contribution < 1.29 is 29.0 Å². The minimum absolute atomic E-state index is 0.131. The van der Waals surface area contributed by atoms with Crippen molar-refractivity contribution >= 4 is 17.9 Å². The highest BCUT2D eigenvalue weighted by Gasteiger charge is 2.44. The molecule has 0 aromatic carbocycles. The van der Waals surface area contributed by atoms with Gasteiger partial charge in [-0.3, -0.25) is 9.59 Å². The first kappa shape index (κ1) is 29.4.